The molecule has 4 heteroatoms. The van der Waals surface area contributed by atoms with Gasteiger partial charge in [0.2, 0.25) is 0 Å². The van der Waals surface area contributed by atoms with Crippen molar-refractivity contribution in [2.24, 2.45) is 0 Å². The van der Waals surface area contributed by atoms with Gasteiger partial charge in [-0.3, -0.25) is 4.79 Å². The van der Waals surface area contributed by atoms with Crippen molar-refractivity contribution in [2.45, 2.75) is 30.8 Å². The summed E-state index contributed by atoms with van der Waals surface area (Å²) in [6, 6.07) is 7.64. The van der Waals surface area contributed by atoms with Crippen LogP contribution in [-0.4, -0.2) is 28.7 Å². The van der Waals surface area contributed by atoms with E-state index in [0.717, 1.165) is 42.1 Å². The number of rotatable bonds is 4. The van der Waals surface area contributed by atoms with Crippen LogP contribution >= 0.6 is 11.8 Å². The topological polar surface area (TPSA) is 46.5 Å². The molecule has 2 fully saturated rings. The summed E-state index contributed by atoms with van der Waals surface area (Å²) < 4.78 is 5.82. The minimum Gasteiger partial charge on any atom is -0.489 e. The first-order valence-electron chi connectivity index (χ1n) is 6.29. The third kappa shape index (κ3) is 1.88. The molecule has 3 rings (SSSR count). The SMILES string of the molecule is O=C(O)C1(c2cccc(OC3CSC3)c2)CCC1. The lowest BCUT2D eigenvalue weighted by Gasteiger charge is -2.38. The Bertz CT molecular complexity index is 464. The molecule has 0 aromatic heterocycles. The van der Waals surface area contributed by atoms with Crippen molar-refractivity contribution in [3.8, 4) is 5.75 Å². The molecule has 1 aromatic carbocycles. The van der Waals surface area contributed by atoms with Crippen LogP contribution in [0.3, 0.4) is 0 Å². The zero-order valence-electron chi connectivity index (χ0n) is 10.1. The number of benzene rings is 1. The molecule has 2 aliphatic rings. The van der Waals surface area contributed by atoms with Crippen molar-refractivity contribution >= 4 is 17.7 Å². The van der Waals surface area contributed by atoms with Gasteiger partial charge in [0.25, 0.3) is 0 Å². The molecule has 18 heavy (non-hydrogen) atoms. The number of carboxylic acids is 1. The van der Waals surface area contributed by atoms with Crippen LogP contribution in [0.25, 0.3) is 0 Å². The molecular formula is C14H16O3S. The Balaban J connectivity index is 1.83. The molecule has 1 aromatic rings. The molecule has 1 aliphatic carbocycles. The van der Waals surface area contributed by atoms with E-state index in [1.54, 1.807) is 0 Å². The Hall–Kier alpha value is -1.16. The van der Waals surface area contributed by atoms with Crippen molar-refractivity contribution in [2.75, 3.05) is 11.5 Å². The highest BCUT2D eigenvalue weighted by atomic mass is 32.2. The van der Waals surface area contributed by atoms with Crippen LogP contribution in [0.5, 0.6) is 5.75 Å². The predicted molar refractivity (Wildman–Crippen MR) is 71.3 cm³/mol. The van der Waals surface area contributed by atoms with Crippen LogP contribution in [-0.2, 0) is 10.2 Å². The van der Waals surface area contributed by atoms with Crippen molar-refractivity contribution in [3.05, 3.63) is 29.8 Å². The zero-order chi connectivity index (χ0) is 12.6. The van der Waals surface area contributed by atoms with Gasteiger partial charge in [-0.25, -0.2) is 0 Å². The van der Waals surface area contributed by atoms with E-state index in [0.29, 0.717) is 6.10 Å². The second-order valence-corrected chi connectivity index (χ2v) is 6.12. The molecule has 0 atom stereocenters. The smallest absolute Gasteiger partial charge is 0.314 e. The molecule has 0 bridgehead atoms. The van der Waals surface area contributed by atoms with Crippen LogP contribution in [0.1, 0.15) is 24.8 Å². The normalized spacial score (nSPS) is 21.8. The fourth-order valence-electron chi connectivity index (χ4n) is 2.50. The molecule has 0 amide bonds. The van der Waals surface area contributed by atoms with Crippen molar-refractivity contribution in [3.63, 3.8) is 0 Å². The summed E-state index contributed by atoms with van der Waals surface area (Å²) in [7, 11) is 0. The lowest BCUT2D eigenvalue weighted by Crippen LogP contribution is -2.42. The van der Waals surface area contributed by atoms with Crippen LogP contribution in [0, 0.1) is 0 Å². The van der Waals surface area contributed by atoms with E-state index in [4.69, 9.17) is 4.74 Å². The third-order valence-corrected chi connectivity index (χ3v) is 5.13. The van der Waals surface area contributed by atoms with E-state index < -0.39 is 11.4 Å². The van der Waals surface area contributed by atoms with Crippen LogP contribution < -0.4 is 4.74 Å². The molecule has 0 radical (unpaired) electrons. The van der Waals surface area contributed by atoms with Gasteiger partial charge in [-0.05, 0) is 30.5 Å². The quantitative estimate of drug-likeness (QED) is 0.908. The second-order valence-electron chi connectivity index (χ2n) is 5.05. The Kier molecular flexibility index (Phi) is 2.98. The van der Waals surface area contributed by atoms with Crippen LogP contribution in [0.15, 0.2) is 24.3 Å². The first-order valence-corrected chi connectivity index (χ1v) is 7.44. The first kappa shape index (κ1) is 11.9. The largest absolute Gasteiger partial charge is 0.489 e. The third-order valence-electron chi connectivity index (χ3n) is 3.91. The number of ether oxygens (including phenoxy) is 1. The van der Waals surface area contributed by atoms with Gasteiger partial charge < -0.3 is 9.84 Å². The van der Waals surface area contributed by atoms with E-state index in [9.17, 15) is 9.90 Å². The first-order chi connectivity index (χ1) is 8.71. The summed E-state index contributed by atoms with van der Waals surface area (Å²) in [6.45, 7) is 0. The van der Waals surface area contributed by atoms with Crippen LogP contribution in [0.4, 0.5) is 0 Å². The average molecular weight is 264 g/mol. The molecule has 1 saturated heterocycles. The molecule has 1 N–H and O–H groups in total. The van der Waals surface area contributed by atoms with Gasteiger partial charge in [0, 0.05) is 11.5 Å². The molecule has 3 nitrogen and oxygen atoms in total. The van der Waals surface area contributed by atoms with E-state index in [-0.39, 0.29) is 0 Å². The van der Waals surface area contributed by atoms with E-state index in [2.05, 4.69) is 0 Å². The van der Waals surface area contributed by atoms with Gasteiger partial charge in [-0.2, -0.15) is 11.8 Å². The maximum Gasteiger partial charge on any atom is 0.314 e. The van der Waals surface area contributed by atoms with Gasteiger partial charge >= 0.3 is 5.97 Å². The number of carbonyl (C=O) groups is 1. The van der Waals surface area contributed by atoms with Gasteiger partial charge in [-0.1, -0.05) is 18.6 Å². The van der Waals surface area contributed by atoms with E-state index >= 15 is 0 Å². The lowest BCUT2D eigenvalue weighted by molar-refractivity contribution is -0.147. The highest BCUT2D eigenvalue weighted by molar-refractivity contribution is 8.00. The molecule has 0 unspecified atom stereocenters. The number of thioether (sulfide) groups is 1. The molecule has 1 heterocycles. The number of aliphatic carboxylic acids is 1. The fourth-order valence-corrected chi connectivity index (χ4v) is 3.06. The summed E-state index contributed by atoms with van der Waals surface area (Å²) in [4.78, 5) is 11.5. The average Bonchev–Trinajstić information content (AvgIpc) is 2.22. The molecule has 0 spiro atoms. The Labute approximate surface area is 111 Å². The standard InChI is InChI=1S/C14H16O3S/c15-13(16)14(5-2-6-14)10-3-1-4-11(7-10)17-12-8-18-9-12/h1,3-4,7,12H,2,5-6,8-9H2,(H,15,16). The zero-order valence-corrected chi connectivity index (χ0v) is 10.9. The predicted octanol–water partition coefficient (Wildman–Crippen LogP) is 2.69. The lowest BCUT2D eigenvalue weighted by atomic mass is 9.64. The summed E-state index contributed by atoms with van der Waals surface area (Å²) >= 11 is 1.88. The summed E-state index contributed by atoms with van der Waals surface area (Å²) in [5, 5.41) is 9.42. The van der Waals surface area contributed by atoms with Crippen molar-refractivity contribution < 1.29 is 14.6 Å². The van der Waals surface area contributed by atoms with Gasteiger partial charge in [0.15, 0.2) is 0 Å². The molecule has 96 valence electrons. The highest BCUT2D eigenvalue weighted by Crippen LogP contribution is 2.44. The maximum atomic E-state index is 11.5. The number of carboxylic acid groups (broad SMARTS) is 1. The summed E-state index contributed by atoms with van der Waals surface area (Å²) in [5.74, 6) is 2.18. The Morgan fingerprint density at radius 1 is 1.39 bits per heavy atom. The fraction of sp³-hybridized carbons (Fsp3) is 0.500. The van der Waals surface area contributed by atoms with Crippen molar-refractivity contribution in [1.82, 2.24) is 0 Å². The second kappa shape index (κ2) is 4.50. The van der Waals surface area contributed by atoms with Gasteiger partial charge in [0.1, 0.15) is 11.9 Å². The maximum absolute atomic E-state index is 11.5. The highest BCUT2D eigenvalue weighted by Gasteiger charge is 2.46. The number of hydrogen-bond donors (Lipinski definition) is 1. The minimum absolute atomic E-state index is 0.299. The summed E-state index contributed by atoms with van der Waals surface area (Å²) in [5.41, 5.74) is 0.235. The van der Waals surface area contributed by atoms with Crippen LogP contribution in [0.2, 0.25) is 0 Å². The summed E-state index contributed by atoms with van der Waals surface area (Å²) in [6.07, 6.45) is 2.78. The van der Waals surface area contributed by atoms with E-state index in [1.165, 1.54) is 0 Å². The van der Waals surface area contributed by atoms with Gasteiger partial charge in [0.05, 0.1) is 5.41 Å². The molecule has 1 saturated carbocycles. The molecular weight excluding hydrogens is 248 g/mol. The molecule has 1 aliphatic heterocycles. The van der Waals surface area contributed by atoms with Gasteiger partial charge in [-0.15, -0.1) is 0 Å². The number of hydrogen-bond acceptors (Lipinski definition) is 3. The van der Waals surface area contributed by atoms with Crippen molar-refractivity contribution in [1.29, 1.82) is 0 Å². The van der Waals surface area contributed by atoms with E-state index in [1.807, 2.05) is 36.0 Å². The Morgan fingerprint density at radius 3 is 2.67 bits per heavy atom. The monoisotopic (exact) mass is 264 g/mol. The Morgan fingerprint density at radius 2 is 2.17 bits per heavy atom. The minimum atomic E-state index is -0.704.